The SMILES string of the molecule is CC(=O)CCN(CCO)C1CC1. The molecule has 1 rings (SSSR count). The topological polar surface area (TPSA) is 40.5 Å². The quantitative estimate of drug-likeness (QED) is 0.629. The summed E-state index contributed by atoms with van der Waals surface area (Å²) in [4.78, 5) is 12.9. The highest BCUT2D eigenvalue weighted by Gasteiger charge is 2.27. The van der Waals surface area contributed by atoms with Crippen LogP contribution in [0.3, 0.4) is 0 Å². The monoisotopic (exact) mass is 171 g/mol. The van der Waals surface area contributed by atoms with E-state index in [1.807, 2.05) is 0 Å². The maximum Gasteiger partial charge on any atom is 0.131 e. The van der Waals surface area contributed by atoms with Gasteiger partial charge in [-0.1, -0.05) is 0 Å². The van der Waals surface area contributed by atoms with Crippen LogP contribution in [0.5, 0.6) is 0 Å². The lowest BCUT2D eigenvalue weighted by Gasteiger charge is -2.19. The molecule has 1 N–H and O–H groups in total. The summed E-state index contributed by atoms with van der Waals surface area (Å²) >= 11 is 0. The lowest BCUT2D eigenvalue weighted by atomic mass is 10.3. The number of rotatable bonds is 6. The maximum absolute atomic E-state index is 10.7. The fourth-order valence-electron chi connectivity index (χ4n) is 1.35. The number of ketones is 1. The molecule has 0 amide bonds. The molecule has 12 heavy (non-hydrogen) atoms. The molecule has 1 aliphatic rings. The number of aliphatic hydroxyl groups excluding tert-OH is 1. The fraction of sp³-hybridized carbons (Fsp3) is 0.889. The Labute approximate surface area is 73.4 Å². The standard InChI is InChI=1S/C9H17NO2/c1-8(12)4-5-10(6-7-11)9-2-3-9/h9,11H,2-7H2,1H3. The molecule has 0 aromatic heterocycles. The summed E-state index contributed by atoms with van der Waals surface area (Å²) in [5.74, 6) is 0.235. The minimum atomic E-state index is 0.203. The van der Waals surface area contributed by atoms with Gasteiger partial charge in [0.15, 0.2) is 0 Å². The second-order valence-corrected chi connectivity index (χ2v) is 3.44. The van der Waals surface area contributed by atoms with E-state index in [0.29, 0.717) is 12.5 Å². The van der Waals surface area contributed by atoms with Crippen molar-refractivity contribution in [3.63, 3.8) is 0 Å². The number of nitrogens with zero attached hydrogens (tertiary/aromatic N) is 1. The highest BCUT2D eigenvalue weighted by atomic mass is 16.3. The van der Waals surface area contributed by atoms with Crippen molar-refractivity contribution in [3.05, 3.63) is 0 Å². The van der Waals surface area contributed by atoms with E-state index >= 15 is 0 Å². The van der Waals surface area contributed by atoms with Gasteiger partial charge in [-0.2, -0.15) is 0 Å². The Balaban J connectivity index is 2.18. The second kappa shape index (κ2) is 4.58. The first kappa shape index (κ1) is 9.68. The summed E-state index contributed by atoms with van der Waals surface area (Å²) in [5.41, 5.74) is 0. The van der Waals surface area contributed by atoms with Gasteiger partial charge >= 0.3 is 0 Å². The Morgan fingerprint density at radius 2 is 2.17 bits per heavy atom. The van der Waals surface area contributed by atoms with E-state index in [9.17, 15) is 4.79 Å². The van der Waals surface area contributed by atoms with Crippen molar-refractivity contribution < 1.29 is 9.90 Å². The molecule has 0 aromatic carbocycles. The molecule has 0 bridgehead atoms. The summed E-state index contributed by atoms with van der Waals surface area (Å²) in [5, 5.41) is 8.75. The first-order valence-corrected chi connectivity index (χ1v) is 4.58. The number of aliphatic hydroxyl groups is 1. The molecule has 0 aromatic rings. The average Bonchev–Trinajstić information content (AvgIpc) is 2.79. The van der Waals surface area contributed by atoms with Crippen molar-refractivity contribution in [1.82, 2.24) is 4.90 Å². The van der Waals surface area contributed by atoms with E-state index in [1.54, 1.807) is 6.92 Å². The minimum absolute atomic E-state index is 0.203. The summed E-state index contributed by atoms with van der Waals surface area (Å²) in [7, 11) is 0. The molecule has 0 saturated heterocycles. The van der Waals surface area contributed by atoms with Crippen molar-refractivity contribution in [2.24, 2.45) is 0 Å². The van der Waals surface area contributed by atoms with Gasteiger partial charge in [-0.05, 0) is 19.8 Å². The zero-order valence-electron chi connectivity index (χ0n) is 7.62. The number of carbonyl (C=O) groups is 1. The molecule has 1 aliphatic carbocycles. The molecule has 1 fully saturated rings. The molecule has 0 atom stereocenters. The molecule has 3 nitrogen and oxygen atoms in total. The predicted octanol–water partition coefficient (Wildman–Crippen LogP) is 0.422. The van der Waals surface area contributed by atoms with Gasteiger partial charge in [-0.3, -0.25) is 9.69 Å². The van der Waals surface area contributed by atoms with Crippen LogP contribution in [0.15, 0.2) is 0 Å². The van der Waals surface area contributed by atoms with Gasteiger partial charge in [0.25, 0.3) is 0 Å². The van der Waals surface area contributed by atoms with Crippen LogP contribution in [0.2, 0.25) is 0 Å². The molecule has 3 heteroatoms. The van der Waals surface area contributed by atoms with Crippen molar-refractivity contribution in [2.45, 2.75) is 32.2 Å². The number of hydrogen-bond acceptors (Lipinski definition) is 3. The van der Waals surface area contributed by atoms with Crippen molar-refractivity contribution >= 4 is 5.78 Å². The zero-order valence-corrected chi connectivity index (χ0v) is 7.62. The van der Waals surface area contributed by atoms with Gasteiger partial charge in [0.1, 0.15) is 5.78 Å². The van der Waals surface area contributed by atoms with Crippen LogP contribution in [0.25, 0.3) is 0 Å². The molecule has 0 heterocycles. The highest BCUT2D eigenvalue weighted by molar-refractivity contribution is 5.75. The third-order valence-electron chi connectivity index (χ3n) is 2.20. The van der Waals surface area contributed by atoms with Crippen molar-refractivity contribution in [2.75, 3.05) is 19.7 Å². The molecule has 1 saturated carbocycles. The molecule has 0 aliphatic heterocycles. The Kier molecular flexibility index (Phi) is 3.69. The van der Waals surface area contributed by atoms with Gasteiger partial charge in [0, 0.05) is 25.6 Å². The van der Waals surface area contributed by atoms with E-state index in [2.05, 4.69) is 4.90 Å². The van der Waals surface area contributed by atoms with Gasteiger partial charge in [0.2, 0.25) is 0 Å². The number of carbonyl (C=O) groups excluding carboxylic acids is 1. The van der Waals surface area contributed by atoms with Crippen molar-refractivity contribution in [3.8, 4) is 0 Å². The van der Waals surface area contributed by atoms with Crippen LogP contribution in [0, 0.1) is 0 Å². The van der Waals surface area contributed by atoms with Gasteiger partial charge in [-0.25, -0.2) is 0 Å². The molecular formula is C9H17NO2. The molecule has 70 valence electrons. The lowest BCUT2D eigenvalue weighted by Crippen LogP contribution is -2.31. The average molecular weight is 171 g/mol. The third-order valence-corrected chi connectivity index (χ3v) is 2.20. The maximum atomic E-state index is 10.7. The first-order chi connectivity index (χ1) is 5.74. The smallest absolute Gasteiger partial charge is 0.131 e. The van der Waals surface area contributed by atoms with Gasteiger partial charge in [0.05, 0.1) is 6.61 Å². The largest absolute Gasteiger partial charge is 0.395 e. The number of Topliss-reactive ketones (excluding diaryl/α,β-unsaturated/α-hetero) is 1. The van der Waals surface area contributed by atoms with Crippen LogP contribution in [0.1, 0.15) is 26.2 Å². The Hall–Kier alpha value is -0.410. The van der Waals surface area contributed by atoms with Gasteiger partial charge in [-0.15, -0.1) is 0 Å². The molecule has 0 radical (unpaired) electrons. The summed E-state index contributed by atoms with van der Waals surface area (Å²) < 4.78 is 0. The Morgan fingerprint density at radius 3 is 2.58 bits per heavy atom. The van der Waals surface area contributed by atoms with E-state index in [0.717, 1.165) is 13.1 Å². The Morgan fingerprint density at radius 1 is 1.50 bits per heavy atom. The minimum Gasteiger partial charge on any atom is -0.395 e. The van der Waals surface area contributed by atoms with Crippen LogP contribution >= 0.6 is 0 Å². The molecule has 0 unspecified atom stereocenters. The van der Waals surface area contributed by atoms with E-state index in [4.69, 9.17) is 5.11 Å². The Bertz CT molecular complexity index is 155. The van der Waals surface area contributed by atoms with Crippen LogP contribution in [-0.4, -0.2) is 41.5 Å². The van der Waals surface area contributed by atoms with E-state index in [1.165, 1.54) is 12.8 Å². The molecule has 0 spiro atoms. The highest BCUT2D eigenvalue weighted by Crippen LogP contribution is 2.26. The van der Waals surface area contributed by atoms with Crippen molar-refractivity contribution in [1.29, 1.82) is 0 Å². The fourth-order valence-corrected chi connectivity index (χ4v) is 1.35. The zero-order chi connectivity index (χ0) is 8.97. The van der Waals surface area contributed by atoms with E-state index in [-0.39, 0.29) is 12.4 Å². The predicted molar refractivity (Wildman–Crippen MR) is 47.0 cm³/mol. The normalized spacial score (nSPS) is 16.9. The van der Waals surface area contributed by atoms with Crippen LogP contribution < -0.4 is 0 Å². The third kappa shape index (κ3) is 3.32. The van der Waals surface area contributed by atoms with Crippen LogP contribution in [0.4, 0.5) is 0 Å². The summed E-state index contributed by atoms with van der Waals surface area (Å²) in [6, 6.07) is 0.650. The van der Waals surface area contributed by atoms with Gasteiger partial charge < -0.3 is 5.11 Å². The summed E-state index contributed by atoms with van der Waals surface area (Å²) in [6.45, 7) is 3.36. The number of hydrogen-bond donors (Lipinski definition) is 1. The first-order valence-electron chi connectivity index (χ1n) is 4.58. The second-order valence-electron chi connectivity index (χ2n) is 3.44. The molecular weight excluding hydrogens is 154 g/mol. The van der Waals surface area contributed by atoms with E-state index < -0.39 is 0 Å². The lowest BCUT2D eigenvalue weighted by molar-refractivity contribution is -0.117. The van der Waals surface area contributed by atoms with Crippen LogP contribution in [-0.2, 0) is 4.79 Å². The summed E-state index contributed by atoms with van der Waals surface area (Å²) in [6.07, 6.45) is 3.09.